The number of benzene rings is 2. The molecule has 5 nitrogen and oxygen atoms in total. The summed E-state index contributed by atoms with van der Waals surface area (Å²) < 4.78 is 16.3. The predicted molar refractivity (Wildman–Crippen MR) is 89.2 cm³/mol. The Kier molecular flexibility index (Phi) is 3.54. The molecule has 120 valence electrons. The summed E-state index contributed by atoms with van der Waals surface area (Å²) in [6.45, 7) is 3.06. The summed E-state index contributed by atoms with van der Waals surface area (Å²) in [5.74, 6) is 1.25. The van der Waals surface area contributed by atoms with Crippen LogP contribution in [-0.2, 0) is 9.53 Å². The third kappa shape index (κ3) is 2.76. The van der Waals surface area contributed by atoms with Crippen LogP contribution >= 0.6 is 0 Å². The average molecular weight is 321 g/mol. The molecule has 0 saturated heterocycles. The summed E-state index contributed by atoms with van der Waals surface area (Å²) in [7, 11) is 0. The van der Waals surface area contributed by atoms with Crippen LogP contribution in [-0.4, -0.2) is 25.1 Å². The first-order chi connectivity index (χ1) is 11.7. The van der Waals surface area contributed by atoms with E-state index in [0.29, 0.717) is 30.6 Å². The number of fused-ring (bicyclic) bond motifs is 1. The normalized spacial score (nSPS) is 17.6. The van der Waals surface area contributed by atoms with Crippen molar-refractivity contribution in [1.82, 2.24) is 0 Å². The van der Waals surface area contributed by atoms with E-state index >= 15 is 0 Å². The Morgan fingerprint density at radius 3 is 2.54 bits per heavy atom. The number of hydrogen-bond acceptors (Lipinski definition) is 5. The third-order valence-electron chi connectivity index (χ3n) is 3.79. The van der Waals surface area contributed by atoms with Crippen molar-refractivity contribution < 1.29 is 19.0 Å². The van der Waals surface area contributed by atoms with E-state index in [9.17, 15) is 4.79 Å². The predicted octanol–water partition coefficient (Wildman–Crippen LogP) is 3.11. The fraction of sp³-hybridized carbons (Fsp3) is 0.158. The number of rotatable bonds is 2. The van der Waals surface area contributed by atoms with Crippen molar-refractivity contribution in [3.05, 3.63) is 64.9 Å². The van der Waals surface area contributed by atoms with Crippen LogP contribution in [0.4, 0.5) is 0 Å². The van der Waals surface area contributed by atoms with Gasteiger partial charge >= 0.3 is 5.97 Å². The quantitative estimate of drug-likeness (QED) is 0.630. The van der Waals surface area contributed by atoms with E-state index in [1.54, 1.807) is 6.08 Å². The number of hydrogen-bond donors (Lipinski definition) is 0. The minimum atomic E-state index is -0.458. The van der Waals surface area contributed by atoms with E-state index < -0.39 is 5.97 Å². The van der Waals surface area contributed by atoms with Crippen LogP contribution in [0.15, 0.2) is 53.2 Å². The zero-order valence-electron chi connectivity index (χ0n) is 13.1. The highest BCUT2D eigenvalue weighted by Crippen LogP contribution is 2.32. The van der Waals surface area contributed by atoms with Crippen molar-refractivity contribution >= 4 is 17.9 Å². The van der Waals surface area contributed by atoms with Crippen molar-refractivity contribution in [3.63, 3.8) is 0 Å². The topological polar surface area (TPSA) is 57.1 Å². The smallest absolute Gasteiger partial charge is 0.363 e. The number of cyclic esters (lactones) is 1. The van der Waals surface area contributed by atoms with Crippen LogP contribution in [0.3, 0.4) is 0 Å². The molecule has 2 aliphatic heterocycles. The van der Waals surface area contributed by atoms with E-state index in [4.69, 9.17) is 14.2 Å². The maximum absolute atomic E-state index is 12.1. The highest BCUT2D eigenvalue weighted by Gasteiger charge is 2.24. The SMILES string of the molecule is Cc1ccc(C2=N/C(=C/c3ccc4c(c3)OCCO4)C(=O)O2)cc1. The van der Waals surface area contributed by atoms with Gasteiger partial charge in [-0.15, -0.1) is 0 Å². The lowest BCUT2D eigenvalue weighted by Gasteiger charge is -2.18. The summed E-state index contributed by atoms with van der Waals surface area (Å²) >= 11 is 0. The average Bonchev–Trinajstić information content (AvgIpc) is 2.96. The Balaban J connectivity index is 1.64. The summed E-state index contributed by atoms with van der Waals surface area (Å²) in [5, 5.41) is 0. The summed E-state index contributed by atoms with van der Waals surface area (Å²) in [4.78, 5) is 16.4. The third-order valence-corrected chi connectivity index (χ3v) is 3.79. The minimum Gasteiger partial charge on any atom is -0.486 e. The van der Waals surface area contributed by atoms with Gasteiger partial charge in [0.15, 0.2) is 17.2 Å². The maximum Gasteiger partial charge on any atom is 0.363 e. The number of carbonyl (C=O) groups is 1. The van der Waals surface area contributed by atoms with Gasteiger partial charge in [-0.25, -0.2) is 9.79 Å². The van der Waals surface area contributed by atoms with E-state index in [2.05, 4.69) is 4.99 Å². The number of nitrogens with zero attached hydrogens (tertiary/aromatic N) is 1. The van der Waals surface area contributed by atoms with E-state index in [1.807, 2.05) is 49.4 Å². The van der Waals surface area contributed by atoms with Gasteiger partial charge in [-0.1, -0.05) is 23.8 Å². The highest BCUT2D eigenvalue weighted by molar-refractivity contribution is 6.12. The summed E-state index contributed by atoms with van der Waals surface area (Å²) in [5.41, 5.74) is 2.98. The fourth-order valence-corrected chi connectivity index (χ4v) is 2.54. The first kappa shape index (κ1) is 14.5. The number of esters is 1. The van der Waals surface area contributed by atoms with Crippen LogP contribution in [0.25, 0.3) is 6.08 Å². The Morgan fingerprint density at radius 1 is 1.00 bits per heavy atom. The van der Waals surface area contributed by atoms with E-state index in [-0.39, 0.29) is 5.70 Å². The molecule has 0 fully saturated rings. The molecule has 0 spiro atoms. The van der Waals surface area contributed by atoms with Crippen LogP contribution in [0.1, 0.15) is 16.7 Å². The molecule has 0 unspecified atom stereocenters. The molecule has 0 N–H and O–H groups in total. The van der Waals surface area contributed by atoms with Crippen molar-refractivity contribution in [2.45, 2.75) is 6.92 Å². The van der Waals surface area contributed by atoms with Crippen LogP contribution in [0, 0.1) is 6.92 Å². The zero-order chi connectivity index (χ0) is 16.5. The van der Waals surface area contributed by atoms with Gasteiger partial charge in [0.05, 0.1) is 0 Å². The second-order valence-electron chi connectivity index (χ2n) is 5.61. The molecule has 2 heterocycles. The molecule has 0 aliphatic carbocycles. The van der Waals surface area contributed by atoms with Crippen molar-refractivity contribution in [2.24, 2.45) is 4.99 Å². The first-order valence-electron chi connectivity index (χ1n) is 7.68. The molecule has 24 heavy (non-hydrogen) atoms. The molecule has 0 aromatic heterocycles. The van der Waals surface area contributed by atoms with Gasteiger partial charge in [-0.3, -0.25) is 0 Å². The Labute approximate surface area is 139 Å². The lowest BCUT2D eigenvalue weighted by molar-refractivity contribution is -0.129. The molecular formula is C19H15NO4. The Bertz CT molecular complexity index is 865. The molecule has 2 aromatic rings. The van der Waals surface area contributed by atoms with Gasteiger partial charge < -0.3 is 14.2 Å². The molecule has 0 radical (unpaired) electrons. The minimum absolute atomic E-state index is 0.266. The number of aliphatic imine (C=N–C) groups is 1. The van der Waals surface area contributed by atoms with Crippen molar-refractivity contribution in [2.75, 3.05) is 13.2 Å². The number of aryl methyl sites for hydroxylation is 1. The van der Waals surface area contributed by atoms with Crippen LogP contribution in [0.2, 0.25) is 0 Å². The van der Waals surface area contributed by atoms with Crippen molar-refractivity contribution in [1.29, 1.82) is 0 Å². The molecule has 0 bridgehead atoms. The van der Waals surface area contributed by atoms with E-state index in [0.717, 1.165) is 16.7 Å². The largest absolute Gasteiger partial charge is 0.486 e. The standard InChI is InChI=1S/C19H15NO4/c1-12-2-5-14(6-3-12)18-20-15(19(21)24-18)10-13-4-7-16-17(11-13)23-9-8-22-16/h2-7,10-11H,8-9H2,1H3/b15-10+. The monoisotopic (exact) mass is 321 g/mol. The lowest BCUT2D eigenvalue weighted by Crippen LogP contribution is -2.15. The van der Waals surface area contributed by atoms with Gasteiger partial charge in [0, 0.05) is 5.56 Å². The van der Waals surface area contributed by atoms with E-state index in [1.165, 1.54) is 0 Å². The van der Waals surface area contributed by atoms with Crippen molar-refractivity contribution in [3.8, 4) is 11.5 Å². The summed E-state index contributed by atoms with van der Waals surface area (Å²) in [6, 6.07) is 13.2. The Morgan fingerprint density at radius 2 is 1.75 bits per heavy atom. The number of ether oxygens (including phenoxy) is 3. The lowest BCUT2D eigenvalue weighted by atomic mass is 10.1. The Hall–Kier alpha value is -3.08. The summed E-state index contributed by atoms with van der Waals surface area (Å²) in [6.07, 6.45) is 1.68. The molecule has 2 aliphatic rings. The molecule has 0 saturated carbocycles. The molecule has 5 heteroatoms. The molecule has 2 aromatic carbocycles. The number of carbonyl (C=O) groups excluding carboxylic acids is 1. The maximum atomic E-state index is 12.1. The molecule has 0 amide bonds. The van der Waals surface area contributed by atoms with Gasteiger partial charge in [0.1, 0.15) is 13.2 Å². The first-order valence-corrected chi connectivity index (χ1v) is 7.68. The van der Waals surface area contributed by atoms with Gasteiger partial charge in [-0.05, 0) is 42.8 Å². The van der Waals surface area contributed by atoms with Crippen LogP contribution < -0.4 is 9.47 Å². The molecule has 0 atom stereocenters. The molecule has 4 rings (SSSR count). The van der Waals surface area contributed by atoms with Gasteiger partial charge in [0.2, 0.25) is 5.90 Å². The van der Waals surface area contributed by atoms with Crippen LogP contribution in [0.5, 0.6) is 11.5 Å². The highest BCUT2D eigenvalue weighted by atomic mass is 16.6. The fourth-order valence-electron chi connectivity index (χ4n) is 2.54. The molecular weight excluding hydrogens is 306 g/mol. The second-order valence-corrected chi connectivity index (χ2v) is 5.61. The van der Waals surface area contributed by atoms with Gasteiger partial charge in [-0.2, -0.15) is 0 Å². The zero-order valence-corrected chi connectivity index (χ0v) is 13.1. The van der Waals surface area contributed by atoms with Gasteiger partial charge in [0.25, 0.3) is 0 Å². The second kappa shape index (κ2) is 5.85.